The summed E-state index contributed by atoms with van der Waals surface area (Å²) >= 11 is 0. The molecule has 2 aliphatic rings. The van der Waals surface area contributed by atoms with E-state index in [-0.39, 0.29) is 18.1 Å². The maximum atomic E-state index is 11.0. The molecule has 5 heteroatoms. The fourth-order valence-electron chi connectivity index (χ4n) is 2.52. The van der Waals surface area contributed by atoms with Crippen molar-refractivity contribution in [3.8, 4) is 0 Å². The Balaban J connectivity index is 2.42. The summed E-state index contributed by atoms with van der Waals surface area (Å²) in [5, 5.41) is 28.1. The predicted octanol–water partition coefficient (Wildman–Crippen LogP) is 0.248. The highest BCUT2D eigenvalue weighted by Crippen LogP contribution is 2.51. The summed E-state index contributed by atoms with van der Waals surface area (Å²) < 4.78 is 4.96. The molecule has 0 radical (unpaired) electrons. The summed E-state index contributed by atoms with van der Waals surface area (Å²) in [6.07, 6.45) is 2.28. The van der Waals surface area contributed by atoms with E-state index in [9.17, 15) is 15.0 Å². The first-order chi connectivity index (χ1) is 7.51. The van der Waals surface area contributed by atoms with Crippen LogP contribution in [0.1, 0.15) is 13.3 Å². The Kier molecular flexibility index (Phi) is 2.52. The molecule has 2 rings (SSSR count). The van der Waals surface area contributed by atoms with Crippen molar-refractivity contribution in [1.82, 2.24) is 0 Å². The van der Waals surface area contributed by atoms with Crippen LogP contribution >= 0.6 is 0 Å². The van der Waals surface area contributed by atoms with Gasteiger partial charge >= 0.3 is 5.97 Å². The molecule has 0 saturated carbocycles. The number of aliphatic hydroxyl groups is 2. The van der Waals surface area contributed by atoms with Gasteiger partial charge < -0.3 is 20.1 Å². The number of aliphatic carboxylic acids is 1. The minimum absolute atomic E-state index is 0.146. The minimum atomic E-state index is -1.11. The molecule has 0 aromatic heterocycles. The molecule has 1 aliphatic carbocycles. The Morgan fingerprint density at radius 1 is 1.69 bits per heavy atom. The van der Waals surface area contributed by atoms with E-state index in [1.807, 2.05) is 0 Å². The Bertz CT molecular complexity index is 384. The molecule has 0 bridgehead atoms. The average Bonchev–Trinajstić information content (AvgIpc) is 2.57. The molecular weight excluding hydrogens is 212 g/mol. The van der Waals surface area contributed by atoms with Gasteiger partial charge in [-0.15, -0.1) is 0 Å². The zero-order chi connectivity index (χ0) is 11.9. The van der Waals surface area contributed by atoms with E-state index in [2.05, 4.69) is 0 Å². The summed E-state index contributed by atoms with van der Waals surface area (Å²) in [7, 11) is 0. The number of hydrogen-bond donors (Lipinski definition) is 3. The lowest BCUT2D eigenvalue weighted by atomic mass is 9.70. The largest absolute Gasteiger partial charge is 0.478 e. The molecule has 5 nitrogen and oxygen atoms in total. The van der Waals surface area contributed by atoms with Gasteiger partial charge in [-0.2, -0.15) is 0 Å². The number of carboxylic acid groups (broad SMARTS) is 1. The van der Waals surface area contributed by atoms with E-state index >= 15 is 0 Å². The normalized spacial score (nSPS) is 37.2. The topological polar surface area (TPSA) is 87.0 Å². The highest BCUT2D eigenvalue weighted by atomic mass is 16.6. The van der Waals surface area contributed by atoms with Crippen molar-refractivity contribution < 1.29 is 24.9 Å². The quantitative estimate of drug-likeness (QED) is 0.587. The molecule has 3 atom stereocenters. The summed E-state index contributed by atoms with van der Waals surface area (Å²) in [5.41, 5.74) is -0.0543. The van der Waals surface area contributed by atoms with Gasteiger partial charge in [-0.05, 0) is 18.9 Å². The SMILES string of the molecule is C[C@]12C(CO)=CC[C@@H]1C(C(=O)O)=CO[C@H]2O. The van der Waals surface area contributed by atoms with Crippen molar-refractivity contribution in [2.24, 2.45) is 11.3 Å². The Hall–Kier alpha value is -1.33. The van der Waals surface area contributed by atoms with Gasteiger partial charge in [-0.3, -0.25) is 0 Å². The molecular formula is C11H14O5. The van der Waals surface area contributed by atoms with Crippen LogP contribution in [0.4, 0.5) is 0 Å². The Labute approximate surface area is 92.7 Å². The number of aliphatic hydroxyl groups excluding tert-OH is 2. The number of rotatable bonds is 2. The highest BCUT2D eigenvalue weighted by molar-refractivity contribution is 5.87. The van der Waals surface area contributed by atoms with E-state index < -0.39 is 17.7 Å². The maximum Gasteiger partial charge on any atom is 0.335 e. The molecule has 1 heterocycles. The fourth-order valence-corrected chi connectivity index (χ4v) is 2.52. The molecule has 1 aliphatic heterocycles. The van der Waals surface area contributed by atoms with Crippen molar-refractivity contribution in [2.75, 3.05) is 6.61 Å². The molecule has 3 N–H and O–H groups in total. The third-order valence-electron chi connectivity index (χ3n) is 3.65. The smallest absolute Gasteiger partial charge is 0.335 e. The van der Waals surface area contributed by atoms with Crippen molar-refractivity contribution in [3.63, 3.8) is 0 Å². The fraction of sp³-hybridized carbons (Fsp3) is 0.545. The van der Waals surface area contributed by atoms with Gasteiger partial charge in [0, 0.05) is 5.92 Å². The van der Waals surface area contributed by atoms with Gasteiger partial charge in [0.05, 0.1) is 23.9 Å². The minimum Gasteiger partial charge on any atom is -0.478 e. The van der Waals surface area contributed by atoms with E-state index in [4.69, 9.17) is 9.84 Å². The first-order valence-corrected chi connectivity index (χ1v) is 5.09. The number of ether oxygens (including phenoxy) is 1. The maximum absolute atomic E-state index is 11.0. The molecule has 0 unspecified atom stereocenters. The molecule has 0 spiro atoms. The molecule has 0 fully saturated rings. The van der Waals surface area contributed by atoms with Crippen LogP contribution in [-0.2, 0) is 9.53 Å². The van der Waals surface area contributed by atoms with Gasteiger partial charge in [0.25, 0.3) is 0 Å². The second-order valence-corrected chi connectivity index (χ2v) is 4.33. The van der Waals surface area contributed by atoms with Gasteiger partial charge in [0.1, 0.15) is 0 Å². The van der Waals surface area contributed by atoms with Crippen LogP contribution in [-0.4, -0.2) is 34.2 Å². The van der Waals surface area contributed by atoms with Gasteiger partial charge in [-0.1, -0.05) is 6.08 Å². The highest BCUT2D eigenvalue weighted by Gasteiger charge is 2.52. The van der Waals surface area contributed by atoms with E-state index in [1.54, 1.807) is 13.0 Å². The van der Waals surface area contributed by atoms with Crippen molar-refractivity contribution in [1.29, 1.82) is 0 Å². The molecule has 0 aromatic carbocycles. The number of fused-ring (bicyclic) bond motifs is 1. The number of allylic oxidation sites excluding steroid dienone is 1. The number of hydrogen-bond acceptors (Lipinski definition) is 4. The van der Waals surface area contributed by atoms with Crippen molar-refractivity contribution in [3.05, 3.63) is 23.5 Å². The monoisotopic (exact) mass is 226 g/mol. The summed E-state index contributed by atoms with van der Waals surface area (Å²) in [6, 6.07) is 0. The molecule has 0 aromatic rings. The van der Waals surface area contributed by atoms with E-state index in [0.717, 1.165) is 6.26 Å². The summed E-state index contributed by atoms with van der Waals surface area (Å²) in [4.78, 5) is 11.0. The van der Waals surface area contributed by atoms with Gasteiger partial charge in [-0.25, -0.2) is 4.79 Å². The van der Waals surface area contributed by atoms with Crippen LogP contribution < -0.4 is 0 Å². The van der Waals surface area contributed by atoms with Crippen LogP contribution in [0.15, 0.2) is 23.5 Å². The van der Waals surface area contributed by atoms with Crippen LogP contribution in [0.5, 0.6) is 0 Å². The lowest BCUT2D eigenvalue weighted by Gasteiger charge is -2.40. The molecule has 16 heavy (non-hydrogen) atoms. The van der Waals surface area contributed by atoms with E-state index in [0.29, 0.717) is 12.0 Å². The van der Waals surface area contributed by atoms with Crippen molar-refractivity contribution in [2.45, 2.75) is 19.6 Å². The lowest BCUT2D eigenvalue weighted by molar-refractivity contribution is -0.155. The van der Waals surface area contributed by atoms with Gasteiger partial charge in [0.2, 0.25) is 6.29 Å². The number of carbonyl (C=O) groups is 1. The van der Waals surface area contributed by atoms with E-state index in [1.165, 1.54) is 0 Å². The Morgan fingerprint density at radius 3 is 2.94 bits per heavy atom. The van der Waals surface area contributed by atoms with Crippen molar-refractivity contribution >= 4 is 5.97 Å². The Morgan fingerprint density at radius 2 is 2.38 bits per heavy atom. The van der Waals surface area contributed by atoms with Crippen LogP contribution in [0.3, 0.4) is 0 Å². The first kappa shape index (κ1) is 11.2. The third kappa shape index (κ3) is 1.28. The zero-order valence-electron chi connectivity index (χ0n) is 8.88. The lowest BCUT2D eigenvalue weighted by Crippen LogP contribution is -2.44. The average molecular weight is 226 g/mol. The molecule has 0 saturated heterocycles. The second kappa shape index (κ2) is 3.61. The van der Waals surface area contributed by atoms with Crippen LogP contribution in [0, 0.1) is 11.3 Å². The standard InChI is InChI=1S/C11H14O5/c1-11-6(4-12)2-3-8(11)7(9(13)14)5-16-10(11)15/h2,5,8,10,12,15H,3-4H2,1H3,(H,13,14)/t8-,10-,11+/m1/s1. The summed E-state index contributed by atoms with van der Waals surface area (Å²) in [5.74, 6) is -1.38. The summed E-state index contributed by atoms with van der Waals surface area (Å²) in [6.45, 7) is 1.52. The first-order valence-electron chi connectivity index (χ1n) is 5.09. The van der Waals surface area contributed by atoms with Crippen LogP contribution in [0.2, 0.25) is 0 Å². The number of carboxylic acids is 1. The van der Waals surface area contributed by atoms with Gasteiger partial charge in [0.15, 0.2) is 0 Å². The zero-order valence-corrected chi connectivity index (χ0v) is 8.88. The second-order valence-electron chi connectivity index (χ2n) is 4.33. The molecule has 0 amide bonds. The predicted molar refractivity (Wildman–Crippen MR) is 54.2 cm³/mol. The molecule has 88 valence electrons. The van der Waals surface area contributed by atoms with Crippen LogP contribution in [0.25, 0.3) is 0 Å². The third-order valence-corrected chi connectivity index (χ3v) is 3.65.